The maximum absolute atomic E-state index is 4.86. The zero-order chi connectivity index (χ0) is 24.8. The van der Waals surface area contributed by atoms with Gasteiger partial charge in [0.1, 0.15) is 0 Å². The number of aromatic nitrogens is 4. The highest BCUT2D eigenvalue weighted by atomic mass is 15.3. The highest BCUT2D eigenvalue weighted by Gasteiger charge is 2.27. The van der Waals surface area contributed by atoms with Crippen LogP contribution in [0.25, 0.3) is 39.3 Å². The Hall–Kier alpha value is -5.03. The first-order chi connectivity index (χ1) is 18.3. The first-order valence-corrected chi connectivity index (χ1v) is 12.3. The monoisotopic (exact) mass is 477 g/mol. The molecule has 0 unspecified atom stereocenters. The summed E-state index contributed by atoms with van der Waals surface area (Å²) in [4.78, 5) is 11.8. The molecule has 0 bridgehead atoms. The molecule has 0 spiro atoms. The Labute approximate surface area is 215 Å². The lowest BCUT2D eigenvalue weighted by molar-refractivity contribution is 0.880. The van der Waals surface area contributed by atoms with Crippen LogP contribution >= 0.6 is 0 Å². The fraction of sp³-hybridized carbons (Fsp3) is 0.0312. The van der Waals surface area contributed by atoms with E-state index in [0.717, 1.165) is 62.0 Å². The highest BCUT2D eigenvalue weighted by molar-refractivity contribution is 6.01. The summed E-state index contributed by atoms with van der Waals surface area (Å²) in [7, 11) is 0. The van der Waals surface area contributed by atoms with E-state index in [2.05, 4.69) is 94.7 Å². The Morgan fingerprint density at radius 3 is 2.35 bits per heavy atom. The Morgan fingerprint density at radius 1 is 0.622 bits per heavy atom. The lowest BCUT2D eigenvalue weighted by atomic mass is 9.99. The van der Waals surface area contributed by atoms with Crippen molar-refractivity contribution in [2.24, 2.45) is 0 Å². The van der Waals surface area contributed by atoms with Gasteiger partial charge in [0.15, 0.2) is 0 Å². The van der Waals surface area contributed by atoms with Crippen molar-refractivity contribution in [3.8, 4) is 39.3 Å². The molecule has 3 aromatic carbocycles. The predicted octanol–water partition coefficient (Wildman–Crippen LogP) is 7.75. The Kier molecular flexibility index (Phi) is 4.93. The quantitative estimate of drug-likeness (QED) is 0.261. The van der Waals surface area contributed by atoms with E-state index in [1.54, 1.807) is 0 Å². The number of benzene rings is 3. The molecule has 0 aliphatic carbocycles. The zero-order valence-electron chi connectivity index (χ0n) is 20.3. The summed E-state index contributed by atoms with van der Waals surface area (Å²) in [6.07, 6.45) is 7.63. The van der Waals surface area contributed by atoms with Gasteiger partial charge >= 0.3 is 0 Å². The molecule has 5 nitrogen and oxygen atoms in total. The maximum Gasteiger partial charge on any atom is 0.0802 e. The lowest BCUT2D eigenvalue weighted by Gasteiger charge is -2.28. The number of pyridine rings is 2. The molecule has 37 heavy (non-hydrogen) atoms. The molecule has 7 rings (SSSR count). The van der Waals surface area contributed by atoms with Crippen molar-refractivity contribution in [3.63, 3.8) is 0 Å². The first kappa shape index (κ1) is 21.3. The van der Waals surface area contributed by atoms with Gasteiger partial charge < -0.3 is 4.90 Å². The summed E-state index contributed by atoms with van der Waals surface area (Å²) in [5.41, 5.74) is 11.6. The maximum atomic E-state index is 4.86. The fourth-order valence-electron chi connectivity index (χ4n) is 5.08. The van der Waals surface area contributed by atoms with Gasteiger partial charge in [-0.1, -0.05) is 42.5 Å². The fourth-order valence-corrected chi connectivity index (χ4v) is 5.08. The van der Waals surface area contributed by atoms with Crippen LogP contribution in [0.15, 0.2) is 122 Å². The second-order valence-corrected chi connectivity index (χ2v) is 9.18. The minimum atomic E-state index is 0.943. The summed E-state index contributed by atoms with van der Waals surface area (Å²) in [5.74, 6) is 0. The van der Waals surface area contributed by atoms with Gasteiger partial charge in [0, 0.05) is 46.5 Å². The molecule has 0 radical (unpaired) electrons. The van der Waals surface area contributed by atoms with Crippen molar-refractivity contribution < 1.29 is 0 Å². The second kappa shape index (κ2) is 8.57. The Bertz CT molecular complexity index is 1750. The highest BCUT2D eigenvalue weighted by Crippen LogP contribution is 2.50. The zero-order valence-corrected chi connectivity index (χ0v) is 20.3. The number of para-hydroxylation sites is 1. The van der Waals surface area contributed by atoms with E-state index < -0.39 is 0 Å². The van der Waals surface area contributed by atoms with Crippen molar-refractivity contribution >= 4 is 17.1 Å². The molecule has 0 saturated carbocycles. The number of hydrogen-bond donors (Lipinski definition) is 0. The summed E-state index contributed by atoms with van der Waals surface area (Å²) in [6.45, 7) is 2.05. The third-order valence-electron chi connectivity index (χ3n) is 6.76. The van der Waals surface area contributed by atoms with Crippen molar-refractivity contribution in [2.75, 3.05) is 4.90 Å². The van der Waals surface area contributed by atoms with Crippen LogP contribution in [-0.2, 0) is 0 Å². The first-order valence-electron chi connectivity index (χ1n) is 12.3. The third-order valence-corrected chi connectivity index (χ3v) is 6.76. The molecule has 1 aliphatic rings. The average molecular weight is 478 g/mol. The molecular formula is C32H23N5. The van der Waals surface area contributed by atoms with Gasteiger partial charge in [-0.3, -0.25) is 9.97 Å². The molecule has 0 N–H and O–H groups in total. The van der Waals surface area contributed by atoms with Crippen LogP contribution in [0.1, 0.15) is 5.56 Å². The van der Waals surface area contributed by atoms with E-state index in [0.29, 0.717) is 0 Å². The minimum absolute atomic E-state index is 0.943. The summed E-state index contributed by atoms with van der Waals surface area (Å²) < 4.78 is 1.92. The molecule has 0 atom stereocenters. The van der Waals surface area contributed by atoms with Crippen LogP contribution in [0.5, 0.6) is 0 Å². The van der Waals surface area contributed by atoms with Crippen molar-refractivity contribution in [1.29, 1.82) is 0 Å². The molecule has 176 valence electrons. The standard InChI is InChI=1S/C32H23N5/c1-22-20-35-36(21-22)24-14-15-28-31(19-24)37(25-9-6-8-23(18-25)29-12-4-5-16-33-29)30-13-3-2-10-26(30)27-11-7-17-34-32(27)28/h2-21H,1H3. The van der Waals surface area contributed by atoms with Gasteiger partial charge in [-0.15, -0.1) is 0 Å². The van der Waals surface area contributed by atoms with E-state index in [1.165, 1.54) is 0 Å². The largest absolute Gasteiger partial charge is 0.309 e. The van der Waals surface area contributed by atoms with Crippen molar-refractivity contribution in [1.82, 2.24) is 19.7 Å². The summed E-state index contributed by atoms with van der Waals surface area (Å²) in [6, 6.07) is 33.7. The van der Waals surface area contributed by atoms with Crippen LogP contribution in [-0.4, -0.2) is 19.7 Å². The number of aryl methyl sites for hydroxylation is 1. The molecule has 3 aromatic heterocycles. The van der Waals surface area contributed by atoms with Gasteiger partial charge in [-0.05, 0) is 67.1 Å². The van der Waals surface area contributed by atoms with E-state index in [1.807, 2.05) is 53.7 Å². The SMILES string of the molecule is Cc1cnn(-c2ccc3c(c2)N(c2cccc(-c4ccccn4)c2)c2ccccc2-c2cccnc2-3)c1. The van der Waals surface area contributed by atoms with Gasteiger partial charge in [-0.25, -0.2) is 4.68 Å². The normalized spacial score (nSPS) is 11.9. The van der Waals surface area contributed by atoms with Crippen molar-refractivity contribution in [3.05, 3.63) is 127 Å². The van der Waals surface area contributed by atoms with E-state index in [-0.39, 0.29) is 0 Å². The van der Waals surface area contributed by atoms with Gasteiger partial charge in [-0.2, -0.15) is 5.10 Å². The van der Waals surface area contributed by atoms with Crippen LogP contribution < -0.4 is 4.90 Å². The smallest absolute Gasteiger partial charge is 0.0802 e. The number of nitrogens with zero attached hydrogens (tertiary/aromatic N) is 5. The molecule has 4 heterocycles. The molecule has 0 fully saturated rings. The minimum Gasteiger partial charge on any atom is -0.309 e. The van der Waals surface area contributed by atoms with Gasteiger partial charge in [0.25, 0.3) is 0 Å². The van der Waals surface area contributed by atoms with Gasteiger partial charge in [0.05, 0.1) is 34.6 Å². The van der Waals surface area contributed by atoms with E-state index >= 15 is 0 Å². The number of hydrogen-bond acceptors (Lipinski definition) is 4. The molecular weight excluding hydrogens is 454 g/mol. The van der Waals surface area contributed by atoms with Crippen LogP contribution in [0.2, 0.25) is 0 Å². The van der Waals surface area contributed by atoms with E-state index in [4.69, 9.17) is 4.98 Å². The second-order valence-electron chi connectivity index (χ2n) is 9.18. The molecule has 1 aliphatic heterocycles. The average Bonchev–Trinajstić information content (AvgIpc) is 3.35. The molecule has 0 amide bonds. The molecule has 6 aromatic rings. The molecule has 0 saturated heterocycles. The Balaban J connectivity index is 1.52. The van der Waals surface area contributed by atoms with Gasteiger partial charge in [0.2, 0.25) is 0 Å². The van der Waals surface area contributed by atoms with Crippen LogP contribution in [0, 0.1) is 6.92 Å². The summed E-state index contributed by atoms with van der Waals surface area (Å²) >= 11 is 0. The van der Waals surface area contributed by atoms with Crippen molar-refractivity contribution in [2.45, 2.75) is 6.92 Å². The molecule has 5 heteroatoms. The predicted molar refractivity (Wildman–Crippen MR) is 148 cm³/mol. The Morgan fingerprint density at radius 2 is 1.49 bits per heavy atom. The topological polar surface area (TPSA) is 46.8 Å². The number of fused-ring (bicyclic) bond motifs is 5. The van der Waals surface area contributed by atoms with Crippen LogP contribution in [0.4, 0.5) is 17.1 Å². The number of anilines is 3. The summed E-state index contributed by atoms with van der Waals surface area (Å²) in [5, 5.41) is 4.57. The lowest BCUT2D eigenvalue weighted by Crippen LogP contribution is -2.12. The third kappa shape index (κ3) is 3.60. The van der Waals surface area contributed by atoms with E-state index in [9.17, 15) is 0 Å². The number of rotatable bonds is 3. The van der Waals surface area contributed by atoms with Crippen LogP contribution in [0.3, 0.4) is 0 Å².